The number of hydrogen-bond donors (Lipinski definition) is 3. The molecule has 2 aliphatic heterocycles. The molecule has 234 valence electrons. The van der Waals surface area contributed by atoms with E-state index in [9.17, 15) is 34.5 Å². The van der Waals surface area contributed by atoms with Crippen LogP contribution in [0.4, 0.5) is 0 Å². The van der Waals surface area contributed by atoms with Crippen LogP contribution < -0.4 is 0 Å². The smallest absolute Gasteiger partial charge is 0.312 e. The van der Waals surface area contributed by atoms with Crippen LogP contribution in [-0.4, -0.2) is 99.5 Å². The van der Waals surface area contributed by atoms with Crippen LogP contribution in [0.15, 0.2) is 23.8 Å². The average molecular weight is 615 g/mol. The monoisotopic (exact) mass is 614 g/mol. The Morgan fingerprint density at radius 2 is 1.74 bits per heavy atom. The Balaban J connectivity index is 2.01. The van der Waals surface area contributed by atoms with Crippen LogP contribution in [0.5, 0.6) is 0 Å². The summed E-state index contributed by atoms with van der Waals surface area (Å²) in [5, 5.41) is 36.1. The number of fused-ring (bicyclic) bond motifs is 3. The first-order valence-electron chi connectivity index (χ1n) is 14.0. The first-order chi connectivity index (χ1) is 19.5. The van der Waals surface area contributed by atoms with E-state index >= 15 is 0 Å². The third kappa shape index (κ3) is 5.25. The number of carbonyl (C=O) groups excluding carboxylic acids is 4. The summed E-state index contributed by atoms with van der Waals surface area (Å²) in [7, 11) is 0. The van der Waals surface area contributed by atoms with Gasteiger partial charge in [0.15, 0.2) is 17.8 Å². The normalized spacial score (nSPS) is 42.6. The third-order valence-electron chi connectivity index (χ3n) is 8.99. The van der Waals surface area contributed by atoms with Gasteiger partial charge in [-0.1, -0.05) is 26.8 Å². The van der Waals surface area contributed by atoms with E-state index in [1.54, 1.807) is 13.8 Å². The van der Waals surface area contributed by atoms with Crippen molar-refractivity contribution >= 4 is 35.5 Å². The van der Waals surface area contributed by atoms with Crippen molar-refractivity contribution < 1.29 is 58.2 Å². The molecule has 0 unspecified atom stereocenters. The van der Waals surface area contributed by atoms with Crippen LogP contribution >= 0.6 is 11.6 Å². The van der Waals surface area contributed by atoms with E-state index in [0.29, 0.717) is 5.57 Å². The van der Waals surface area contributed by atoms with Gasteiger partial charge in [-0.15, -0.1) is 11.6 Å². The number of aliphatic hydroxyl groups is 3. The molecule has 3 N–H and O–H groups in total. The molecule has 1 spiro atoms. The molecule has 1 saturated carbocycles. The molecule has 0 radical (unpaired) electrons. The van der Waals surface area contributed by atoms with Gasteiger partial charge in [-0.3, -0.25) is 19.2 Å². The van der Waals surface area contributed by atoms with Crippen LogP contribution in [0.25, 0.3) is 0 Å². The fourth-order valence-corrected chi connectivity index (χ4v) is 6.94. The number of aliphatic hydroxyl groups excluding tert-OH is 2. The minimum absolute atomic E-state index is 0.00440. The zero-order valence-electron chi connectivity index (χ0n) is 24.4. The van der Waals surface area contributed by atoms with E-state index in [0.717, 1.165) is 13.8 Å². The highest BCUT2D eigenvalue weighted by atomic mass is 35.5. The van der Waals surface area contributed by atoms with Gasteiger partial charge in [0.2, 0.25) is 0 Å². The van der Waals surface area contributed by atoms with Gasteiger partial charge in [-0.2, -0.15) is 0 Å². The molecule has 2 heterocycles. The maximum Gasteiger partial charge on any atom is 0.312 e. The fourth-order valence-electron chi connectivity index (χ4n) is 6.77. The molecule has 13 heteroatoms. The van der Waals surface area contributed by atoms with Gasteiger partial charge in [0.05, 0.1) is 12.5 Å². The van der Waals surface area contributed by atoms with Crippen molar-refractivity contribution in [3.8, 4) is 0 Å². The number of epoxide rings is 1. The van der Waals surface area contributed by atoms with Crippen molar-refractivity contribution in [2.45, 2.75) is 95.8 Å². The Bertz CT molecular complexity index is 1180. The zero-order chi connectivity index (χ0) is 31.4. The molecule has 2 aliphatic carbocycles. The quantitative estimate of drug-likeness (QED) is 0.167. The Morgan fingerprint density at radius 3 is 2.26 bits per heavy atom. The number of ether oxygens (including phenoxy) is 5. The molecular formula is C29H39ClO12. The second-order valence-corrected chi connectivity index (χ2v) is 12.6. The van der Waals surface area contributed by atoms with Gasteiger partial charge in [-0.25, -0.2) is 0 Å². The van der Waals surface area contributed by atoms with Crippen molar-refractivity contribution in [1.82, 2.24) is 0 Å². The van der Waals surface area contributed by atoms with Crippen LogP contribution in [0.3, 0.4) is 0 Å². The van der Waals surface area contributed by atoms with Crippen molar-refractivity contribution in [2.75, 3.05) is 12.5 Å². The zero-order valence-corrected chi connectivity index (χ0v) is 25.2. The molecule has 0 amide bonds. The predicted octanol–water partition coefficient (Wildman–Crippen LogP) is 0.962. The van der Waals surface area contributed by atoms with Crippen molar-refractivity contribution in [2.24, 2.45) is 23.2 Å². The van der Waals surface area contributed by atoms with Crippen molar-refractivity contribution in [3.63, 3.8) is 0 Å². The van der Waals surface area contributed by atoms with Crippen LogP contribution in [0, 0.1) is 23.2 Å². The summed E-state index contributed by atoms with van der Waals surface area (Å²) in [4.78, 5) is 50.8. The average Bonchev–Trinajstić information content (AvgIpc) is 3.65. The highest BCUT2D eigenvalue weighted by Crippen LogP contribution is 2.61. The van der Waals surface area contributed by atoms with E-state index in [2.05, 4.69) is 0 Å². The van der Waals surface area contributed by atoms with E-state index in [1.807, 2.05) is 0 Å². The molecule has 3 fully saturated rings. The summed E-state index contributed by atoms with van der Waals surface area (Å²) in [5.41, 5.74) is -5.31. The number of hydrogen-bond acceptors (Lipinski definition) is 12. The molecule has 12 nitrogen and oxygen atoms in total. The van der Waals surface area contributed by atoms with Crippen LogP contribution in [0.2, 0.25) is 0 Å². The Kier molecular flexibility index (Phi) is 8.90. The van der Waals surface area contributed by atoms with Crippen molar-refractivity contribution in [3.05, 3.63) is 23.8 Å². The number of allylic oxidation sites excluding steroid dienone is 2. The second-order valence-electron chi connectivity index (χ2n) is 12.3. The molecule has 0 aromatic carbocycles. The fraction of sp³-hybridized carbons (Fsp3) is 0.724. The molecule has 11 atom stereocenters. The first-order valence-corrected chi connectivity index (χ1v) is 14.5. The molecule has 4 aliphatic rings. The molecule has 2 saturated heterocycles. The SMILES string of the molecule is CC(=O)O[C@H]1C=CC(CCl)=C[C@@H]2OC(=O)[C@H](C)[C@@]2(O)[C@@H](OC(C)=O)[C@H]2[C@@]3(CO3)[C@H](O)[C@H](OC(=O)CC(C)C)[C@H](O)[C@]12C. The molecule has 42 heavy (non-hydrogen) atoms. The lowest BCUT2D eigenvalue weighted by molar-refractivity contribution is -0.273. The van der Waals surface area contributed by atoms with Gasteiger partial charge >= 0.3 is 23.9 Å². The van der Waals surface area contributed by atoms with Crippen LogP contribution in [0.1, 0.15) is 48.0 Å². The number of rotatable bonds is 6. The number of alkyl halides is 1. The minimum Gasteiger partial charge on any atom is -0.459 e. The van der Waals surface area contributed by atoms with Gasteiger partial charge in [0.1, 0.15) is 30.0 Å². The lowest BCUT2D eigenvalue weighted by Crippen LogP contribution is -2.75. The standard InChI is InChI=1S/C29H39ClO12/c1-13(2)9-20(33)42-21-23(34)27(6)18(39-15(4)31)8-7-17(11-30)10-19-29(37,14(3)26(36)41-19)25(40-16(5)32)22(27)28(12-38-28)24(21)35/h7-8,10,13-14,18-19,21-25,34-35,37H,9,11-12H2,1-6H3/t14-,18-,19-,21+,22+,23-,24+,25-,27+,28-,29-/m0/s1. The summed E-state index contributed by atoms with van der Waals surface area (Å²) in [6.07, 6.45) is -4.93. The molecule has 0 bridgehead atoms. The highest BCUT2D eigenvalue weighted by Gasteiger charge is 2.79. The summed E-state index contributed by atoms with van der Waals surface area (Å²) in [6.45, 7) is 8.62. The number of carbonyl (C=O) groups is 4. The number of halogens is 1. The Hall–Kier alpha value is -2.51. The van der Waals surface area contributed by atoms with Gasteiger partial charge in [0, 0.05) is 37.5 Å². The van der Waals surface area contributed by atoms with Crippen molar-refractivity contribution in [1.29, 1.82) is 0 Å². The maximum atomic E-state index is 12.9. The van der Waals surface area contributed by atoms with E-state index < -0.39 is 89.0 Å². The van der Waals surface area contributed by atoms with E-state index in [-0.39, 0.29) is 24.8 Å². The summed E-state index contributed by atoms with van der Waals surface area (Å²) in [5.74, 6) is -5.82. The lowest BCUT2D eigenvalue weighted by atomic mass is 9.51. The first kappa shape index (κ1) is 32.4. The lowest BCUT2D eigenvalue weighted by Gasteiger charge is -2.58. The molecule has 0 aromatic heterocycles. The minimum atomic E-state index is -2.25. The highest BCUT2D eigenvalue weighted by molar-refractivity contribution is 6.19. The summed E-state index contributed by atoms with van der Waals surface area (Å²) >= 11 is 6.19. The largest absolute Gasteiger partial charge is 0.459 e. The van der Waals surface area contributed by atoms with Crippen LogP contribution in [-0.2, 0) is 42.9 Å². The van der Waals surface area contributed by atoms with Gasteiger partial charge < -0.3 is 39.0 Å². The summed E-state index contributed by atoms with van der Waals surface area (Å²) in [6, 6.07) is 0. The molecule has 0 aromatic rings. The van der Waals surface area contributed by atoms with Gasteiger partial charge in [0.25, 0.3) is 0 Å². The Labute approximate surface area is 248 Å². The second kappa shape index (κ2) is 11.5. The molecule has 4 rings (SSSR count). The topological polar surface area (TPSA) is 178 Å². The third-order valence-corrected chi connectivity index (χ3v) is 9.29. The summed E-state index contributed by atoms with van der Waals surface area (Å²) < 4.78 is 28.6. The van der Waals surface area contributed by atoms with E-state index in [1.165, 1.54) is 32.1 Å². The number of esters is 4. The maximum absolute atomic E-state index is 12.9. The Morgan fingerprint density at radius 1 is 1.12 bits per heavy atom. The van der Waals surface area contributed by atoms with E-state index in [4.69, 9.17) is 35.3 Å². The predicted molar refractivity (Wildman–Crippen MR) is 145 cm³/mol. The molecular weight excluding hydrogens is 576 g/mol. The van der Waals surface area contributed by atoms with Gasteiger partial charge in [-0.05, 0) is 30.6 Å².